The SMILES string of the molecule is NC(=O)CC[C@H](NC(=O)[C@@H](N)CS)C(=O)N[C@@H](CS)C(=O)N[C@@H](CCCN=C(N)N)C(=O)N[C@@H](CCCN=C(N)N)C(=O)N[C@@H](CCCN=C(N)N)C(=O)O. The van der Waals surface area contributed by atoms with Crippen LogP contribution in [0.15, 0.2) is 15.0 Å². The van der Waals surface area contributed by atoms with E-state index in [1.165, 1.54) is 0 Å². The molecule has 6 atom stereocenters. The van der Waals surface area contributed by atoms with E-state index < -0.39 is 77.7 Å². The summed E-state index contributed by atoms with van der Waals surface area (Å²) < 4.78 is 0. The van der Waals surface area contributed by atoms with E-state index in [9.17, 15) is 38.7 Å². The molecule has 0 aromatic carbocycles. The molecule has 0 saturated carbocycles. The van der Waals surface area contributed by atoms with Crippen molar-refractivity contribution in [3.63, 3.8) is 0 Å². The van der Waals surface area contributed by atoms with Crippen LogP contribution in [0.4, 0.5) is 0 Å². The van der Waals surface area contributed by atoms with Crippen molar-refractivity contribution in [3.8, 4) is 0 Å². The fourth-order valence-corrected chi connectivity index (χ4v) is 4.93. The number of aliphatic carboxylic acids is 1. The Morgan fingerprint density at radius 1 is 0.491 bits per heavy atom. The molecule has 22 N–H and O–H groups in total. The van der Waals surface area contributed by atoms with Crippen molar-refractivity contribution in [2.24, 2.45) is 60.8 Å². The second kappa shape index (κ2) is 27.4. The lowest BCUT2D eigenvalue weighted by Gasteiger charge is -2.26. The Labute approximate surface area is 328 Å². The molecule has 0 aromatic heterocycles. The average Bonchev–Trinajstić information content (AvgIpc) is 3.11. The summed E-state index contributed by atoms with van der Waals surface area (Å²) in [5.74, 6) is -7.32. The third-order valence-electron chi connectivity index (χ3n) is 7.38. The highest BCUT2D eigenvalue weighted by molar-refractivity contribution is 7.80. The van der Waals surface area contributed by atoms with Gasteiger partial charge in [-0.15, -0.1) is 0 Å². The number of aliphatic imine (C=N–C) groups is 3. The van der Waals surface area contributed by atoms with Gasteiger partial charge in [-0.05, 0) is 44.9 Å². The van der Waals surface area contributed by atoms with E-state index in [1.807, 2.05) is 0 Å². The zero-order chi connectivity index (χ0) is 42.1. The maximum absolute atomic E-state index is 13.7. The van der Waals surface area contributed by atoms with Gasteiger partial charge in [0.25, 0.3) is 0 Å². The van der Waals surface area contributed by atoms with E-state index in [0.717, 1.165) is 0 Å². The molecular weight excluding hydrogens is 765 g/mol. The number of thiol groups is 2. The molecule has 0 aliphatic heterocycles. The largest absolute Gasteiger partial charge is 0.480 e. The van der Waals surface area contributed by atoms with Crippen molar-refractivity contribution in [2.75, 3.05) is 31.1 Å². The van der Waals surface area contributed by atoms with Crippen LogP contribution in [0, 0.1) is 0 Å². The standard InChI is InChI=1S/C29H56N16O8S2/c30-14(12-54)21(47)41-17(7-8-20(31)46)24(50)45-19(13-55)25(51)43-15(4-1-9-38-27(32)33)22(48)42-16(5-2-10-39-28(34)35)23(49)44-18(26(52)53)6-3-11-40-29(36)37/h14-19,54-55H,1-13,30H2,(H2,31,46)(H,41,47)(H,42,48)(H,43,51)(H,44,49)(H,45,50)(H,52,53)(H4,32,33,38)(H4,34,35,39)(H4,36,37,40)/t14-,15-,16-,17-,18-,19-/m0/s1. The molecule has 0 saturated heterocycles. The first-order chi connectivity index (χ1) is 25.8. The van der Waals surface area contributed by atoms with Crippen LogP contribution in [0.3, 0.4) is 0 Å². The fourth-order valence-electron chi connectivity index (χ4n) is 4.51. The van der Waals surface area contributed by atoms with Crippen molar-refractivity contribution < 1.29 is 38.7 Å². The van der Waals surface area contributed by atoms with E-state index in [-0.39, 0.29) is 100 Å². The maximum Gasteiger partial charge on any atom is 0.326 e. The molecule has 55 heavy (non-hydrogen) atoms. The van der Waals surface area contributed by atoms with Crippen LogP contribution in [-0.2, 0) is 33.6 Å². The second-order valence-corrected chi connectivity index (χ2v) is 12.7. The number of hydrogen-bond acceptors (Lipinski definition) is 13. The summed E-state index contributed by atoms with van der Waals surface area (Å²) in [4.78, 5) is 101. The topological polar surface area (TPSA) is 445 Å². The van der Waals surface area contributed by atoms with Gasteiger partial charge in [0.1, 0.15) is 30.2 Å². The summed E-state index contributed by atoms with van der Waals surface area (Å²) >= 11 is 8.11. The molecule has 0 radical (unpaired) electrons. The molecule has 0 fully saturated rings. The zero-order valence-electron chi connectivity index (χ0n) is 30.3. The molecule has 0 aliphatic rings. The number of carboxylic acids is 1. The van der Waals surface area contributed by atoms with Crippen LogP contribution in [0.5, 0.6) is 0 Å². The van der Waals surface area contributed by atoms with Crippen LogP contribution in [0.1, 0.15) is 51.4 Å². The minimum absolute atomic E-state index is 0.0486. The molecule has 0 unspecified atom stereocenters. The number of hydrogen-bond donors (Lipinski definition) is 16. The van der Waals surface area contributed by atoms with Crippen LogP contribution in [0.25, 0.3) is 0 Å². The highest BCUT2D eigenvalue weighted by atomic mass is 32.1. The van der Waals surface area contributed by atoms with Gasteiger partial charge in [-0.25, -0.2) is 4.79 Å². The van der Waals surface area contributed by atoms with Gasteiger partial charge in [-0.1, -0.05) is 0 Å². The lowest BCUT2D eigenvalue weighted by atomic mass is 10.1. The lowest BCUT2D eigenvalue weighted by molar-refractivity contribution is -0.142. The van der Waals surface area contributed by atoms with Gasteiger partial charge in [-0.2, -0.15) is 25.3 Å². The number of primary amides is 1. The lowest BCUT2D eigenvalue weighted by Crippen LogP contribution is -2.59. The Bertz CT molecular complexity index is 1390. The summed E-state index contributed by atoms with van der Waals surface area (Å²) in [6.45, 7) is 0.210. The maximum atomic E-state index is 13.7. The number of amides is 6. The van der Waals surface area contributed by atoms with Crippen LogP contribution >= 0.6 is 25.3 Å². The molecule has 0 heterocycles. The number of nitrogens with one attached hydrogen (secondary N) is 5. The van der Waals surface area contributed by atoms with E-state index in [0.29, 0.717) is 0 Å². The third-order valence-corrected chi connectivity index (χ3v) is 8.14. The van der Waals surface area contributed by atoms with E-state index >= 15 is 0 Å². The fraction of sp³-hybridized carbons (Fsp3) is 0.655. The molecule has 312 valence electrons. The van der Waals surface area contributed by atoms with Crippen LogP contribution < -0.4 is 72.5 Å². The van der Waals surface area contributed by atoms with Gasteiger partial charge in [-0.3, -0.25) is 43.7 Å². The van der Waals surface area contributed by atoms with E-state index in [2.05, 4.69) is 66.8 Å². The highest BCUT2D eigenvalue weighted by Crippen LogP contribution is 2.07. The normalized spacial score (nSPS) is 13.9. The van der Waals surface area contributed by atoms with Crippen molar-refractivity contribution in [3.05, 3.63) is 0 Å². The molecular formula is C29H56N16O8S2. The predicted molar refractivity (Wildman–Crippen MR) is 211 cm³/mol. The summed E-state index contributed by atoms with van der Waals surface area (Å²) in [7, 11) is 0. The number of rotatable bonds is 28. The smallest absolute Gasteiger partial charge is 0.326 e. The van der Waals surface area contributed by atoms with Crippen molar-refractivity contribution >= 4 is 84.5 Å². The van der Waals surface area contributed by atoms with Crippen LogP contribution in [0.2, 0.25) is 0 Å². The number of carboxylic acid groups (broad SMARTS) is 1. The van der Waals surface area contributed by atoms with Gasteiger partial charge in [0.05, 0.1) is 6.04 Å². The third kappa shape index (κ3) is 22.5. The number of nitrogens with zero attached hydrogens (tertiary/aromatic N) is 3. The molecule has 0 aromatic rings. The quantitative estimate of drug-likeness (QED) is 0.0151. The van der Waals surface area contributed by atoms with Gasteiger partial charge < -0.3 is 77.6 Å². The van der Waals surface area contributed by atoms with Crippen molar-refractivity contribution in [2.45, 2.75) is 87.6 Å². The first kappa shape index (κ1) is 49.8. The molecule has 24 nitrogen and oxygen atoms in total. The first-order valence-corrected chi connectivity index (χ1v) is 18.3. The number of carbonyl (C=O) groups excluding carboxylic acids is 6. The summed E-state index contributed by atoms with van der Waals surface area (Å²) in [6.07, 6.45) is -0.198. The highest BCUT2D eigenvalue weighted by Gasteiger charge is 2.32. The summed E-state index contributed by atoms with van der Waals surface area (Å²) in [5.41, 5.74) is 43.1. The monoisotopic (exact) mass is 820 g/mol. The second-order valence-electron chi connectivity index (χ2n) is 12.0. The van der Waals surface area contributed by atoms with E-state index in [4.69, 9.17) is 45.9 Å². The Morgan fingerprint density at radius 2 is 0.818 bits per heavy atom. The summed E-state index contributed by atoms with van der Waals surface area (Å²) in [5, 5.41) is 22.0. The van der Waals surface area contributed by atoms with Crippen LogP contribution in [-0.4, -0.2) is 132 Å². The molecule has 0 aliphatic carbocycles. The van der Waals surface area contributed by atoms with Gasteiger partial charge in [0.15, 0.2) is 17.9 Å². The molecule has 0 rings (SSSR count). The van der Waals surface area contributed by atoms with Crippen molar-refractivity contribution in [1.82, 2.24) is 26.6 Å². The Morgan fingerprint density at radius 3 is 1.16 bits per heavy atom. The number of guanidine groups is 3. The summed E-state index contributed by atoms with van der Waals surface area (Å²) in [6, 6.07) is -7.88. The number of nitrogens with two attached hydrogens (primary N) is 8. The van der Waals surface area contributed by atoms with Gasteiger partial charge in [0, 0.05) is 37.6 Å². The predicted octanol–water partition coefficient (Wildman–Crippen LogP) is -6.89. The number of carbonyl (C=O) groups is 7. The minimum Gasteiger partial charge on any atom is -0.480 e. The Hall–Kier alpha value is -5.24. The zero-order valence-corrected chi connectivity index (χ0v) is 32.1. The molecule has 6 amide bonds. The molecule has 0 spiro atoms. The Kier molecular flexibility index (Phi) is 24.8. The van der Waals surface area contributed by atoms with Crippen molar-refractivity contribution in [1.29, 1.82) is 0 Å². The molecule has 26 heteroatoms. The Balaban J connectivity index is 6.27. The van der Waals surface area contributed by atoms with Gasteiger partial charge in [0.2, 0.25) is 35.4 Å². The average molecular weight is 821 g/mol. The van der Waals surface area contributed by atoms with Gasteiger partial charge >= 0.3 is 5.97 Å². The first-order valence-electron chi connectivity index (χ1n) is 17.0. The molecule has 0 bridgehead atoms. The van der Waals surface area contributed by atoms with E-state index in [1.54, 1.807) is 0 Å². The minimum atomic E-state index is -1.38.